The summed E-state index contributed by atoms with van der Waals surface area (Å²) in [5.41, 5.74) is -3.80. The fourth-order valence-electron chi connectivity index (χ4n) is 19.9. The summed E-state index contributed by atoms with van der Waals surface area (Å²) in [6, 6.07) is 7.37. The number of carbonyl (C=O) groups is 5. The van der Waals surface area contributed by atoms with Crippen molar-refractivity contribution in [2.24, 2.45) is 62.1 Å². The van der Waals surface area contributed by atoms with Crippen molar-refractivity contribution in [2.75, 3.05) is 19.8 Å². The summed E-state index contributed by atoms with van der Waals surface area (Å²) in [5, 5.41) is 135. The van der Waals surface area contributed by atoms with E-state index in [2.05, 4.69) is 46.8 Å². The largest absolute Gasteiger partial charge is 0.464 e. The Morgan fingerprint density at radius 2 is 1.31 bits per heavy atom. The third-order valence-corrected chi connectivity index (χ3v) is 26.3. The maximum atomic E-state index is 16.1. The quantitative estimate of drug-likeness (QED) is 0.0168. The van der Waals surface area contributed by atoms with Crippen LogP contribution in [0.4, 0.5) is 0 Å². The van der Waals surface area contributed by atoms with Gasteiger partial charge >= 0.3 is 23.9 Å². The number of rotatable bonds is 20. The van der Waals surface area contributed by atoms with Gasteiger partial charge in [-0.2, -0.15) is 0 Å². The number of hydrogen-bond donors (Lipinski definition) is 12. The van der Waals surface area contributed by atoms with Crippen LogP contribution in [0.5, 0.6) is 0 Å². The lowest BCUT2D eigenvalue weighted by atomic mass is 9.32. The molecule has 0 aromatic heterocycles. The van der Waals surface area contributed by atoms with Gasteiger partial charge < -0.3 is 123 Å². The first-order chi connectivity index (χ1) is 49.4. The smallest absolute Gasteiger partial charge is 0.338 e. The maximum absolute atomic E-state index is 16.1. The molecule has 4 heterocycles. The van der Waals surface area contributed by atoms with E-state index in [1.54, 1.807) is 26.8 Å². The minimum atomic E-state index is -2.08. The molecule has 29 heteroatoms. The van der Waals surface area contributed by atoms with Crippen molar-refractivity contribution in [3.63, 3.8) is 0 Å². The van der Waals surface area contributed by atoms with Gasteiger partial charge in [-0.25, -0.2) is 9.59 Å². The van der Waals surface area contributed by atoms with Gasteiger partial charge in [0.25, 0.3) is 0 Å². The molecule has 6 aliphatic carbocycles. The van der Waals surface area contributed by atoms with Crippen molar-refractivity contribution in [3.8, 4) is 0 Å². The summed E-state index contributed by atoms with van der Waals surface area (Å²) in [4.78, 5) is 71.6. The maximum Gasteiger partial charge on any atom is 0.338 e. The lowest BCUT2D eigenvalue weighted by Crippen LogP contribution is -2.70. The van der Waals surface area contributed by atoms with Gasteiger partial charge in [0, 0.05) is 13.0 Å². The molecule has 12 N–H and O–H groups in total. The number of esters is 4. The van der Waals surface area contributed by atoms with E-state index in [1.807, 2.05) is 38.1 Å². The molecular formula is C76H112O29. The van der Waals surface area contributed by atoms with Gasteiger partial charge in [0.05, 0.1) is 61.2 Å². The topological polar surface area (TPSA) is 439 Å². The Bertz CT molecular complexity index is 3280. The highest BCUT2D eigenvalue weighted by Gasteiger charge is 2.74. The van der Waals surface area contributed by atoms with E-state index in [0.717, 1.165) is 18.8 Å². The fourth-order valence-corrected chi connectivity index (χ4v) is 19.9. The number of aliphatic hydroxyl groups excluding tert-OH is 12. The van der Waals surface area contributed by atoms with Crippen molar-refractivity contribution in [2.45, 2.75) is 300 Å². The molecule has 1 aromatic rings. The minimum Gasteiger partial charge on any atom is -0.464 e. The van der Waals surface area contributed by atoms with Crippen molar-refractivity contribution in [3.05, 3.63) is 53.6 Å². The molecule has 0 bridgehead atoms. The van der Waals surface area contributed by atoms with E-state index >= 15 is 4.79 Å². The Balaban J connectivity index is 0.901. The summed E-state index contributed by atoms with van der Waals surface area (Å²) >= 11 is 0. The van der Waals surface area contributed by atoms with Crippen LogP contribution in [-0.2, 0) is 80.8 Å². The third-order valence-electron chi connectivity index (χ3n) is 26.3. The van der Waals surface area contributed by atoms with Gasteiger partial charge in [-0.3, -0.25) is 9.59 Å². The molecule has 0 spiro atoms. The van der Waals surface area contributed by atoms with E-state index in [0.29, 0.717) is 50.5 Å². The van der Waals surface area contributed by atoms with Gasteiger partial charge in [-0.05, 0) is 141 Å². The minimum absolute atomic E-state index is 0.0216. The summed E-state index contributed by atoms with van der Waals surface area (Å²) in [5.74, 6) is -5.92. The number of aldehydes is 1. The van der Waals surface area contributed by atoms with Crippen molar-refractivity contribution >= 4 is 36.2 Å². The number of aryl methyl sites for hydroxylation is 1. The second kappa shape index (κ2) is 31.7. The van der Waals surface area contributed by atoms with Gasteiger partial charge in [0.1, 0.15) is 79.5 Å². The lowest BCUT2D eigenvalue weighted by Gasteiger charge is -2.72. The monoisotopic (exact) mass is 1490 g/mol. The molecule has 590 valence electrons. The summed E-state index contributed by atoms with van der Waals surface area (Å²) < 4.78 is 74.8. The second-order valence-corrected chi connectivity index (χ2v) is 33.4. The third kappa shape index (κ3) is 15.1. The number of allylic oxidation sites excluding steroid dienone is 2. The van der Waals surface area contributed by atoms with E-state index in [-0.39, 0.29) is 49.5 Å². The number of fused-ring (bicyclic) bond motifs is 7. The standard InChI is InChI=1S/C76H112O29/c1-12-13-28-94-65(92)61-58(91)60(102-66-56(89)51(84)42(80)33-95-66)63(104-67-57(90)55(88)53(86)44(32-77)99-67)69(103-61)100-48-23-24-72(8)45(73(48,9)34-78)22-25-74(10)46(72)20-19-40-41-30-71(6,7)26-27-76(41,47(81)31-75(40,74)11)70(93)105-68-64(98-43-29-36(3)50(83)54(87)52(43)85)62(97-38(5)79)59(37(4)96-68)101-49(82)21-18-39-16-14-35(2)15-17-39/h14-21,34,36-37,40-48,50-64,66-69,77,80-81,83-91H,12-13,22-33H2,1-11H3/b21-18+/t36-,37+,40?,41+,42-,43?,44-,45-,46-,47-,48+,50+,51+,52+,53+,54-,55+,56-,57-,58+,59-,60+,61+,62-,63-,64+,66+,67-,68-,69-,72+,73+,74-,75-,76-/m1/s1. The number of hydrogen-bond acceptors (Lipinski definition) is 29. The molecular weight excluding hydrogens is 1380 g/mol. The van der Waals surface area contributed by atoms with Gasteiger partial charge in [-0.1, -0.05) is 104 Å². The summed E-state index contributed by atoms with van der Waals surface area (Å²) in [7, 11) is 0. The van der Waals surface area contributed by atoms with Crippen LogP contribution in [0.2, 0.25) is 0 Å². The molecule has 1 aromatic carbocycles. The fraction of sp³-hybridized carbons (Fsp3) is 0.803. The average Bonchev–Trinajstić information content (AvgIpc) is 0.670. The van der Waals surface area contributed by atoms with Crippen LogP contribution in [-0.4, -0.2) is 265 Å². The highest BCUT2D eigenvalue weighted by molar-refractivity contribution is 5.87. The van der Waals surface area contributed by atoms with Crippen LogP contribution in [0.25, 0.3) is 6.08 Å². The predicted molar refractivity (Wildman–Crippen MR) is 364 cm³/mol. The Morgan fingerprint density at radius 1 is 0.638 bits per heavy atom. The molecule has 4 aliphatic heterocycles. The first-order valence-corrected chi connectivity index (χ1v) is 37.4. The van der Waals surface area contributed by atoms with Gasteiger partial charge in [0.2, 0.25) is 6.29 Å². The normalized spacial score (nSPS) is 48.1. The van der Waals surface area contributed by atoms with Crippen LogP contribution >= 0.6 is 0 Å². The molecule has 10 aliphatic rings. The zero-order valence-electron chi connectivity index (χ0n) is 61.7. The number of unbranched alkanes of at least 4 members (excludes halogenated alkanes) is 1. The van der Waals surface area contributed by atoms with Crippen LogP contribution in [0.15, 0.2) is 42.5 Å². The van der Waals surface area contributed by atoms with E-state index in [1.165, 1.54) is 6.08 Å². The highest BCUT2D eigenvalue weighted by Crippen LogP contribution is 2.76. The van der Waals surface area contributed by atoms with Crippen LogP contribution < -0.4 is 0 Å². The van der Waals surface area contributed by atoms with Crippen LogP contribution in [0, 0.1) is 69.0 Å². The summed E-state index contributed by atoms with van der Waals surface area (Å²) in [6.45, 7) is 19.1. The first kappa shape index (κ1) is 81.4. The zero-order chi connectivity index (χ0) is 76.5. The highest BCUT2D eigenvalue weighted by atomic mass is 16.8. The lowest BCUT2D eigenvalue weighted by molar-refractivity contribution is -0.391. The van der Waals surface area contributed by atoms with Crippen molar-refractivity contribution in [1.29, 1.82) is 0 Å². The van der Waals surface area contributed by atoms with Gasteiger partial charge in [0.15, 0.2) is 43.3 Å². The first-order valence-electron chi connectivity index (χ1n) is 37.4. The van der Waals surface area contributed by atoms with Gasteiger partial charge in [-0.15, -0.1) is 0 Å². The summed E-state index contributed by atoms with van der Waals surface area (Å²) in [6.07, 6.45) is -30.4. The Kier molecular flexibility index (Phi) is 24.6. The van der Waals surface area contributed by atoms with Crippen molar-refractivity contribution in [1.82, 2.24) is 0 Å². The van der Waals surface area contributed by atoms with E-state index in [9.17, 15) is 80.5 Å². The average molecular weight is 1490 g/mol. The molecule has 0 amide bonds. The van der Waals surface area contributed by atoms with E-state index in [4.69, 9.17) is 56.8 Å². The molecule has 105 heavy (non-hydrogen) atoms. The number of ether oxygens (including phenoxy) is 12. The van der Waals surface area contributed by atoms with E-state index < -0.39 is 235 Å². The predicted octanol–water partition coefficient (Wildman–Crippen LogP) is 1.65. The molecule has 29 nitrogen and oxygen atoms in total. The molecule has 9 fully saturated rings. The SMILES string of the molecule is CCCCOC(=O)[C@H]1O[C@@H](O[C@H]2CC[C@]3(C)[C@H]4C=CC5[C@@H]6CC(C)(C)CC[C@]6(C(=O)O[C@H]6O[C@@H](C)[C@@H](OC(=O)/C=C/c7ccc(C)cc7)[C@@H](OC(C)=O)[C@@H]6OC6C[C@@H](C)[C@H](O)[C@@H](O)[C@H]6O)[C@H](O)C[C@@]5(C)[C@]4(C)CC[C@H]3[C@]2(C)C=O)[C@H](O[C@H]2O[C@H](CO)[C@H](O)[C@H](O)[C@H]2O)[C@@H](O[C@@H]2OC[C@@H](O)[C@H](O)[C@H]2O)[C@@H]1O. The molecule has 0 radical (unpaired) electrons. The van der Waals surface area contributed by atoms with Crippen LogP contribution in [0.1, 0.15) is 151 Å². The number of carbonyl (C=O) groups excluding carboxylic acids is 5. The molecule has 11 rings (SSSR count). The molecule has 2 unspecified atom stereocenters. The second-order valence-electron chi connectivity index (χ2n) is 33.4. The Hall–Kier alpha value is -4.55. The Morgan fingerprint density at radius 3 is 1.99 bits per heavy atom. The molecule has 4 saturated heterocycles. The van der Waals surface area contributed by atoms with Crippen molar-refractivity contribution < 1.29 is 142 Å². The number of aliphatic hydroxyl groups is 12. The number of benzene rings is 1. The molecule has 35 atom stereocenters. The Labute approximate surface area is 611 Å². The van der Waals surface area contributed by atoms with Crippen LogP contribution in [0.3, 0.4) is 0 Å². The molecule has 5 saturated carbocycles. The zero-order valence-corrected chi connectivity index (χ0v) is 61.7.